The predicted molar refractivity (Wildman–Crippen MR) is 50.9 cm³/mol. The van der Waals surface area contributed by atoms with Crippen LogP contribution in [0.3, 0.4) is 0 Å². The Morgan fingerprint density at radius 2 is 2.00 bits per heavy atom. The molecule has 0 aromatic rings. The molecule has 0 spiro atoms. The number of hydrogen-bond donors (Lipinski definition) is 2. The first kappa shape index (κ1) is 12.7. The van der Waals surface area contributed by atoms with Gasteiger partial charge in [-0.25, -0.2) is 13.1 Å². The maximum Gasteiger partial charge on any atom is 0.235 e. The van der Waals surface area contributed by atoms with Crippen LogP contribution < -0.4 is 10.0 Å². The zero-order valence-electron chi connectivity index (χ0n) is 7.50. The van der Waals surface area contributed by atoms with Gasteiger partial charge in [-0.1, -0.05) is 0 Å². The smallest absolute Gasteiger partial charge is 0.235 e. The fourth-order valence-electron chi connectivity index (χ4n) is 0.587. The highest BCUT2D eigenvalue weighted by atomic mass is 35.5. The maximum atomic E-state index is 10.9. The van der Waals surface area contributed by atoms with Gasteiger partial charge in [0, 0.05) is 6.04 Å². The van der Waals surface area contributed by atoms with Gasteiger partial charge in [0.25, 0.3) is 0 Å². The van der Waals surface area contributed by atoms with E-state index in [1.807, 2.05) is 4.72 Å². The van der Waals surface area contributed by atoms with Crippen molar-refractivity contribution in [2.45, 2.75) is 19.9 Å². The summed E-state index contributed by atoms with van der Waals surface area (Å²) < 4.78 is 23.6. The van der Waals surface area contributed by atoms with Crippen LogP contribution in [0.4, 0.5) is 0 Å². The minimum Gasteiger partial charge on any atom is -0.353 e. The molecule has 0 aliphatic carbocycles. The van der Waals surface area contributed by atoms with Crippen LogP contribution in [-0.2, 0) is 14.8 Å². The van der Waals surface area contributed by atoms with E-state index >= 15 is 0 Å². The summed E-state index contributed by atoms with van der Waals surface area (Å²) in [5, 5.41) is 1.99. The monoisotopic (exact) mass is 228 g/mol. The van der Waals surface area contributed by atoms with Crippen molar-refractivity contribution in [2.24, 2.45) is 0 Å². The topological polar surface area (TPSA) is 75.3 Å². The van der Waals surface area contributed by atoms with E-state index in [1.165, 1.54) is 0 Å². The summed E-state index contributed by atoms with van der Waals surface area (Å²) in [7, 11) is -3.50. The standard InChI is InChI=1S/C6H13ClN2O3S/c1-5(2)9-6(10)3-8-13(11,12)4-7/h5,8H,3-4H2,1-2H3,(H,9,10). The second kappa shape index (κ2) is 5.41. The quantitative estimate of drug-likeness (QED) is 0.631. The zero-order valence-corrected chi connectivity index (χ0v) is 9.07. The molecule has 0 aromatic heterocycles. The SMILES string of the molecule is CC(C)NC(=O)CNS(=O)(=O)CCl. The van der Waals surface area contributed by atoms with Crippen molar-refractivity contribution in [3.63, 3.8) is 0 Å². The lowest BCUT2D eigenvalue weighted by Gasteiger charge is -2.08. The lowest BCUT2D eigenvalue weighted by Crippen LogP contribution is -2.40. The average Bonchev–Trinajstić information content (AvgIpc) is 2.00. The first-order chi connectivity index (χ1) is 5.87. The second-order valence-corrected chi connectivity index (χ2v) is 5.16. The molecule has 0 rings (SSSR count). The molecule has 0 aliphatic rings. The largest absolute Gasteiger partial charge is 0.353 e. The molecule has 0 heterocycles. The Morgan fingerprint density at radius 1 is 1.46 bits per heavy atom. The molecular formula is C6H13ClN2O3S. The highest BCUT2D eigenvalue weighted by Gasteiger charge is 2.10. The van der Waals surface area contributed by atoms with E-state index in [4.69, 9.17) is 11.6 Å². The van der Waals surface area contributed by atoms with Crippen LogP contribution in [0, 0.1) is 0 Å². The Balaban J connectivity index is 3.84. The molecule has 2 N–H and O–H groups in total. The number of halogens is 1. The van der Waals surface area contributed by atoms with Gasteiger partial charge < -0.3 is 5.32 Å². The van der Waals surface area contributed by atoms with Crippen LogP contribution in [0.5, 0.6) is 0 Å². The molecule has 13 heavy (non-hydrogen) atoms. The molecule has 5 nitrogen and oxygen atoms in total. The molecule has 0 aliphatic heterocycles. The van der Waals surface area contributed by atoms with E-state index in [0.717, 1.165) is 0 Å². The molecule has 0 fully saturated rings. The van der Waals surface area contributed by atoms with E-state index in [1.54, 1.807) is 13.8 Å². The van der Waals surface area contributed by atoms with Crippen molar-refractivity contribution < 1.29 is 13.2 Å². The Hall–Kier alpha value is -0.330. The van der Waals surface area contributed by atoms with Crippen molar-refractivity contribution >= 4 is 27.5 Å². The number of carbonyl (C=O) groups excluding carboxylic acids is 1. The van der Waals surface area contributed by atoms with Crippen LogP contribution in [0.15, 0.2) is 0 Å². The molecule has 0 bridgehead atoms. The van der Waals surface area contributed by atoms with Crippen molar-refractivity contribution in [1.29, 1.82) is 0 Å². The van der Waals surface area contributed by atoms with Crippen LogP contribution in [0.2, 0.25) is 0 Å². The Kier molecular flexibility index (Phi) is 5.27. The van der Waals surface area contributed by atoms with Gasteiger partial charge in [0.15, 0.2) is 0 Å². The average molecular weight is 229 g/mol. The number of nitrogens with one attached hydrogen (secondary N) is 2. The minimum atomic E-state index is -3.50. The van der Waals surface area contributed by atoms with Gasteiger partial charge in [-0.05, 0) is 13.8 Å². The van der Waals surface area contributed by atoms with Gasteiger partial charge in [-0.15, -0.1) is 11.6 Å². The third-order valence-electron chi connectivity index (χ3n) is 1.05. The fraction of sp³-hybridized carbons (Fsp3) is 0.833. The van der Waals surface area contributed by atoms with Crippen molar-refractivity contribution in [3.05, 3.63) is 0 Å². The van der Waals surface area contributed by atoms with Gasteiger partial charge in [-0.2, -0.15) is 0 Å². The lowest BCUT2D eigenvalue weighted by atomic mass is 10.4. The molecular weight excluding hydrogens is 216 g/mol. The van der Waals surface area contributed by atoms with E-state index in [2.05, 4.69) is 5.32 Å². The number of alkyl halides is 1. The Labute approximate surface area is 82.9 Å². The van der Waals surface area contributed by atoms with E-state index in [-0.39, 0.29) is 18.5 Å². The molecule has 78 valence electrons. The molecule has 0 saturated carbocycles. The number of amides is 1. The van der Waals surface area contributed by atoms with Crippen molar-refractivity contribution in [1.82, 2.24) is 10.0 Å². The number of carbonyl (C=O) groups is 1. The van der Waals surface area contributed by atoms with Crippen molar-refractivity contribution in [3.8, 4) is 0 Å². The van der Waals surface area contributed by atoms with Gasteiger partial charge in [0.2, 0.25) is 15.9 Å². The summed E-state index contributed by atoms with van der Waals surface area (Å²) in [6.07, 6.45) is 0. The summed E-state index contributed by atoms with van der Waals surface area (Å²) in [6.45, 7) is 3.30. The predicted octanol–water partition coefficient (Wildman–Crippen LogP) is -0.373. The summed E-state index contributed by atoms with van der Waals surface area (Å²) in [6, 6.07) is -0.00648. The highest BCUT2D eigenvalue weighted by molar-refractivity contribution is 7.90. The first-order valence-corrected chi connectivity index (χ1v) is 5.88. The van der Waals surface area contributed by atoms with Crippen molar-refractivity contribution in [2.75, 3.05) is 11.8 Å². The summed E-state index contributed by atoms with van der Waals surface area (Å²) in [5.74, 6) is -0.372. The third kappa shape index (κ3) is 6.80. The maximum absolute atomic E-state index is 10.9. The Morgan fingerprint density at radius 3 is 2.38 bits per heavy atom. The highest BCUT2D eigenvalue weighted by Crippen LogP contribution is 1.86. The van der Waals surface area contributed by atoms with Crippen LogP contribution in [0.25, 0.3) is 0 Å². The van der Waals surface area contributed by atoms with Crippen LogP contribution in [-0.4, -0.2) is 32.1 Å². The van der Waals surface area contributed by atoms with Crippen LogP contribution >= 0.6 is 11.6 Å². The van der Waals surface area contributed by atoms with E-state index in [0.29, 0.717) is 0 Å². The van der Waals surface area contributed by atoms with Crippen LogP contribution in [0.1, 0.15) is 13.8 Å². The van der Waals surface area contributed by atoms with Gasteiger partial charge >= 0.3 is 0 Å². The summed E-state index contributed by atoms with van der Waals surface area (Å²) in [5.41, 5.74) is 0. The number of sulfonamides is 1. The minimum absolute atomic E-state index is 0.00648. The fourth-order valence-corrected chi connectivity index (χ4v) is 1.25. The Bertz CT molecular complexity index is 263. The van der Waals surface area contributed by atoms with E-state index in [9.17, 15) is 13.2 Å². The van der Waals surface area contributed by atoms with E-state index < -0.39 is 15.2 Å². The van der Waals surface area contributed by atoms with Gasteiger partial charge in [0.1, 0.15) is 5.21 Å². The number of rotatable bonds is 5. The normalized spacial score (nSPS) is 11.7. The summed E-state index contributed by atoms with van der Waals surface area (Å²) >= 11 is 5.10. The molecule has 1 amide bonds. The summed E-state index contributed by atoms with van der Waals surface area (Å²) in [4.78, 5) is 10.9. The molecule has 0 unspecified atom stereocenters. The van der Waals surface area contributed by atoms with Gasteiger partial charge in [-0.3, -0.25) is 4.79 Å². The molecule has 7 heteroatoms. The number of hydrogen-bond acceptors (Lipinski definition) is 3. The lowest BCUT2D eigenvalue weighted by molar-refractivity contribution is -0.120. The van der Waals surface area contributed by atoms with Gasteiger partial charge in [0.05, 0.1) is 6.54 Å². The second-order valence-electron chi connectivity index (χ2n) is 2.77. The first-order valence-electron chi connectivity index (χ1n) is 3.70. The zero-order chi connectivity index (χ0) is 10.5. The molecule has 0 saturated heterocycles. The third-order valence-corrected chi connectivity index (χ3v) is 2.78. The molecule has 0 aromatic carbocycles. The molecule has 0 radical (unpaired) electrons. The molecule has 0 atom stereocenters.